The van der Waals surface area contributed by atoms with Crippen LogP contribution in [0.25, 0.3) is 10.9 Å². The minimum Gasteiger partial charge on any atom is -0.457 e. The van der Waals surface area contributed by atoms with E-state index in [4.69, 9.17) is 4.74 Å². The lowest BCUT2D eigenvalue weighted by Gasteiger charge is -2.16. The maximum atomic E-state index is 13.7. The van der Waals surface area contributed by atoms with Crippen molar-refractivity contribution in [3.8, 4) is 11.5 Å². The maximum Gasteiger partial charge on any atom is 0.254 e. The van der Waals surface area contributed by atoms with E-state index < -0.39 is 11.6 Å². The quantitative estimate of drug-likeness (QED) is 0.231. The second kappa shape index (κ2) is 10.9. The normalized spacial score (nSPS) is 11.2. The average molecular weight is 511 g/mol. The number of nitrogens with zero attached hydrogens (tertiary/aromatic N) is 1. The van der Waals surface area contributed by atoms with Gasteiger partial charge in [0, 0.05) is 30.2 Å². The van der Waals surface area contributed by atoms with Crippen molar-refractivity contribution < 1.29 is 18.3 Å². The summed E-state index contributed by atoms with van der Waals surface area (Å²) in [5.74, 6) is -0.702. The fourth-order valence-corrected chi connectivity index (χ4v) is 4.73. The molecule has 1 amide bonds. The van der Waals surface area contributed by atoms with Gasteiger partial charge in [0.2, 0.25) is 0 Å². The molecule has 1 aromatic heterocycles. The highest BCUT2D eigenvalue weighted by Crippen LogP contribution is 2.35. The highest BCUT2D eigenvalue weighted by Gasteiger charge is 2.25. The summed E-state index contributed by atoms with van der Waals surface area (Å²) in [6.45, 7) is 4.77. The first-order chi connectivity index (χ1) is 18.4. The number of rotatable bonds is 8. The molecular weight excluding hydrogens is 482 g/mol. The van der Waals surface area contributed by atoms with Gasteiger partial charge in [0.1, 0.15) is 11.5 Å². The van der Waals surface area contributed by atoms with Crippen molar-refractivity contribution in [2.75, 3.05) is 0 Å². The molecule has 0 saturated carbocycles. The van der Waals surface area contributed by atoms with Gasteiger partial charge in [0.25, 0.3) is 5.91 Å². The zero-order valence-corrected chi connectivity index (χ0v) is 21.2. The number of hydrogen-bond donors (Lipinski definition) is 1. The Morgan fingerprint density at radius 2 is 1.53 bits per heavy atom. The van der Waals surface area contributed by atoms with Crippen LogP contribution in [0, 0.1) is 11.6 Å². The summed E-state index contributed by atoms with van der Waals surface area (Å²) < 4.78 is 35.3. The molecule has 0 bridgehead atoms. The summed E-state index contributed by atoms with van der Waals surface area (Å²) in [6, 6.07) is 29.0. The number of carbonyl (C=O) groups excluding carboxylic acids is 1. The minimum absolute atomic E-state index is 0.0358. The summed E-state index contributed by atoms with van der Waals surface area (Å²) in [5.41, 5.74) is 3.93. The van der Waals surface area contributed by atoms with E-state index in [1.807, 2.05) is 66.7 Å². The van der Waals surface area contributed by atoms with Gasteiger partial charge in [-0.3, -0.25) is 4.79 Å². The van der Waals surface area contributed by atoms with Crippen LogP contribution in [0.5, 0.6) is 11.5 Å². The Balaban J connectivity index is 1.57. The fourth-order valence-electron chi connectivity index (χ4n) is 4.73. The Morgan fingerprint density at radius 3 is 2.21 bits per heavy atom. The van der Waals surface area contributed by atoms with Crippen molar-refractivity contribution in [3.63, 3.8) is 0 Å². The molecule has 5 aromatic rings. The first-order valence-corrected chi connectivity index (χ1v) is 12.6. The highest BCUT2D eigenvalue weighted by molar-refractivity contribution is 6.09. The number of amides is 1. The van der Waals surface area contributed by atoms with Gasteiger partial charge in [-0.05, 0) is 53.4 Å². The number of fused-ring (bicyclic) bond motifs is 1. The Morgan fingerprint density at radius 1 is 0.816 bits per heavy atom. The van der Waals surface area contributed by atoms with Crippen molar-refractivity contribution in [1.29, 1.82) is 0 Å². The lowest BCUT2D eigenvalue weighted by atomic mass is 10.0. The van der Waals surface area contributed by atoms with Crippen LogP contribution in [0.3, 0.4) is 0 Å². The van der Waals surface area contributed by atoms with Crippen LogP contribution in [-0.2, 0) is 13.1 Å². The maximum absolute atomic E-state index is 13.7. The highest BCUT2D eigenvalue weighted by atomic mass is 19.2. The summed E-state index contributed by atoms with van der Waals surface area (Å²) in [4.78, 5) is 13.6. The monoisotopic (exact) mass is 510 g/mol. The average Bonchev–Trinajstić information content (AvgIpc) is 3.24. The van der Waals surface area contributed by atoms with Crippen molar-refractivity contribution in [2.45, 2.75) is 32.9 Å². The van der Waals surface area contributed by atoms with Gasteiger partial charge in [-0.25, -0.2) is 8.78 Å². The predicted molar refractivity (Wildman–Crippen MR) is 146 cm³/mol. The molecule has 0 saturated heterocycles. The number of benzene rings is 4. The molecule has 4 aromatic carbocycles. The van der Waals surface area contributed by atoms with Crippen LogP contribution < -0.4 is 10.1 Å². The number of carbonyl (C=O) groups is 1. The molecule has 38 heavy (non-hydrogen) atoms. The van der Waals surface area contributed by atoms with E-state index in [0.717, 1.165) is 40.0 Å². The number of ether oxygens (including phenoxy) is 1. The Labute approximate surface area is 220 Å². The third kappa shape index (κ3) is 5.30. The van der Waals surface area contributed by atoms with E-state index in [1.165, 1.54) is 6.07 Å². The molecule has 6 heteroatoms. The molecule has 1 N–H and O–H groups in total. The third-order valence-corrected chi connectivity index (χ3v) is 6.45. The number of nitrogens with one attached hydrogen (secondary N) is 1. The van der Waals surface area contributed by atoms with Crippen molar-refractivity contribution in [2.24, 2.45) is 0 Å². The molecule has 4 nitrogen and oxygen atoms in total. The van der Waals surface area contributed by atoms with E-state index in [9.17, 15) is 13.6 Å². The van der Waals surface area contributed by atoms with Crippen molar-refractivity contribution in [1.82, 2.24) is 9.88 Å². The lowest BCUT2D eigenvalue weighted by Crippen LogP contribution is -2.24. The Hall–Kier alpha value is -4.45. The molecule has 5 rings (SSSR count). The topological polar surface area (TPSA) is 43.3 Å². The van der Waals surface area contributed by atoms with E-state index in [1.54, 1.807) is 0 Å². The standard InChI is InChI=1S/C32H28F2N2O2/c1-21(2)31-30(32(37)35-19-23-13-16-27(33)28(34)17-23)26-15-14-25(38-24-11-7-4-8-12-24)18-29(26)36(31)20-22-9-5-3-6-10-22/h3-18,21H,19-20H2,1-2H3,(H,35,37). The first kappa shape index (κ1) is 25.2. The number of para-hydroxylation sites is 1. The lowest BCUT2D eigenvalue weighted by molar-refractivity contribution is 0.0951. The minimum atomic E-state index is -0.940. The third-order valence-electron chi connectivity index (χ3n) is 6.45. The van der Waals surface area contributed by atoms with Crippen LogP contribution in [-0.4, -0.2) is 10.5 Å². The zero-order chi connectivity index (χ0) is 26.6. The predicted octanol–water partition coefficient (Wildman–Crippen LogP) is 7.81. The van der Waals surface area contributed by atoms with E-state index in [-0.39, 0.29) is 18.4 Å². The van der Waals surface area contributed by atoms with E-state index in [2.05, 4.69) is 35.9 Å². The largest absolute Gasteiger partial charge is 0.457 e. The van der Waals surface area contributed by atoms with Gasteiger partial charge in [0.05, 0.1) is 11.1 Å². The summed E-state index contributed by atoms with van der Waals surface area (Å²) in [7, 11) is 0. The molecule has 0 aliphatic heterocycles. The van der Waals surface area contributed by atoms with Gasteiger partial charge >= 0.3 is 0 Å². The summed E-state index contributed by atoms with van der Waals surface area (Å²) in [6.07, 6.45) is 0. The Bertz CT molecular complexity index is 1580. The van der Waals surface area contributed by atoms with Crippen molar-refractivity contribution in [3.05, 3.63) is 131 Å². The molecule has 1 heterocycles. The molecule has 192 valence electrons. The van der Waals surface area contributed by atoms with Crippen LogP contribution in [0.15, 0.2) is 97.1 Å². The second-order valence-electron chi connectivity index (χ2n) is 9.51. The molecular formula is C32H28F2N2O2. The first-order valence-electron chi connectivity index (χ1n) is 12.6. The zero-order valence-electron chi connectivity index (χ0n) is 21.2. The van der Waals surface area contributed by atoms with Crippen LogP contribution >= 0.6 is 0 Å². The second-order valence-corrected chi connectivity index (χ2v) is 9.51. The van der Waals surface area contributed by atoms with Gasteiger partial charge in [-0.2, -0.15) is 0 Å². The molecule has 0 unspecified atom stereocenters. The Kier molecular flexibility index (Phi) is 7.22. The van der Waals surface area contributed by atoms with Gasteiger partial charge < -0.3 is 14.6 Å². The van der Waals surface area contributed by atoms with Gasteiger partial charge in [0.15, 0.2) is 11.6 Å². The number of hydrogen-bond acceptors (Lipinski definition) is 2. The van der Waals surface area contributed by atoms with Crippen LogP contribution in [0.1, 0.15) is 46.9 Å². The summed E-state index contributed by atoms with van der Waals surface area (Å²) in [5, 5.41) is 3.71. The number of aromatic nitrogens is 1. The fraction of sp³-hybridized carbons (Fsp3) is 0.156. The van der Waals surface area contributed by atoms with Crippen molar-refractivity contribution >= 4 is 16.8 Å². The van der Waals surface area contributed by atoms with Gasteiger partial charge in [-0.15, -0.1) is 0 Å². The molecule has 0 fully saturated rings. The molecule has 0 aliphatic rings. The van der Waals surface area contributed by atoms with Crippen LogP contribution in [0.2, 0.25) is 0 Å². The van der Waals surface area contributed by atoms with E-state index >= 15 is 0 Å². The molecule has 0 aliphatic carbocycles. The molecule has 0 spiro atoms. The number of halogens is 2. The molecule has 0 radical (unpaired) electrons. The SMILES string of the molecule is CC(C)c1c(C(=O)NCc2ccc(F)c(F)c2)c2ccc(Oc3ccccc3)cc2n1Cc1ccccc1. The molecule has 0 atom stereocenters. The van der Waals surface area contributed by atoms with E-state index in [0.29, 0.717) is 23.4 Å². The summed E-state index contributed by atoms with van der Waals surface area (Å²) >= 11 is 0. The van der Waals surface area contributed by atoms with Gasteiger partial charge in [-0.1, -0.05) is 68.4 Å². The van der Waals surface area contributed by atoms with Crippen LogP contribution in [0.4, 0.5) is 8.78 Å². The smallest absolute Gasteiger partial charge is 0.254 e.